The average molecular weight is 317 g/mol. The summed E-state index contributed by atoms with van der Waals surface area (Å²) >= 11 is 0. The van der Waals surface area contributed by atoms with Crippen LogP contribution in [0.1, 0.15) is 72.1 Å². The van der Waals surface area contributed by atoms with E-state index in [0.717, 1.165) is 38.1 Å². The number of hydrogen-bond donors (Lipinski definition) is 2. The number of carbonyl (C=O) groups excluding carboxylic acids is 1. The van der Waals surface area contributed by atoms with Gasteiger partial charge in [-0.05, 0) is 55.4 Å². The monoisotopic (exact) mass is 316 g/mol. The van der Waals surface area contributed by atoms with Crippen molar-refractivity contribution in [2.45, 2.75) is 78.2 Å². The van der Waals surface area contributed by atoms with Gasteiger partial charge in [-0.25, -0.2) is 0 Å². The quantitative estimate of drug-likeness (QED) is 0.704. The van der Waals surface area contributed by atoms with Crippen LogP contribution in [-0.2, 0) is 4.79 Å². The number of nitrogens with one attached hydrogen (secondary N) is 1. The Morgan fingerprint density at radius 3 is 2.38 bits per heavy atom. The highest BCUT2D eigenvalue weighted by molar-refractivity contribution is 5.85. The molecule has 0 radical (unpaired) electrons. The van der Waals surface area contributed by atoms with Crippen LogP contribution in [0.5, 0.6) is 0 Å². The zero-order valence-corrected chi connectivity index (χ0v) is 14.7. The second kappa shape index (κ2) is 7.32. The second-order valence-electron chi connectivity index (χ2n) is 7.68. The predicted molar refractivity (Wildman–Crippen MR) is 90.5 cm³/mol. The molecule has 1 amide bonds. The molecule has 0 aliphatic heterocycles. The molecule has 3 N–H and O–H groups in total. The molecule has 0 spiro atoms. The van der Waals surface area contributed by atoms with Crippen molar-refractivity contribution in [3.8, 4) is 0 Å². The van der Waals surface area contributed by atoms with Crippen LogP contribution >= 0.6 is 12.4 Å². The van der Waals surface area contributed by atoms with Crippen LogP contribution in [0.15, 0.2) is 0 Å². The van der Waals surface area contributed by atoms with Gasteiger partial charge in [-0.1, -0.05) is 33.6 Å². The van der Waals surface area contributed by atoms with E-state index in [-0.39, 0.29) is 18.3 Å². The van der Waals surface area contributed by atoms with Gasteiger partial charge >= 0.3 is 0 Å². The molecule has 124 valence electrons. The number of rotatable bonds is 7. The Kier molecular flexibility index (Phi) is 6.54. The van der Waals surface area contributed by atoms with Crippen LogP contribution in [0.2, 0.25) is 0 Å². The molecule has 0 aromatic heterocycles. The van der Waals surface area contributed by atoms with Crippen molar-refractivity contribution in [3.05, 3.63) is 0 Å². The van der Waals surface area contributed by atoms with Gasteiger partial charge < -0.3 is 11.1 Å². The van der Waals surface area contributed by atoms with E-state index in [4.69, 9.17) is 5.73 Å². The van der Waals surface area contributed by atoms with Crippen molar-refractivity contribution in [1.82, 2.24) is 5.32 Å². The number of nitrogens with two attached hydrogens (primary N) is 1. The molecule has 0 aromatic rings. The highest BCUT2D eigenvalue weighted by atomic mass is 35.5. The first-order valence-electron chi connectivity index (χ1n) is 8.41. The molecule has 4 heteroatoms. The Morgan fingerprint density at radius 1 is 1.19 bits per heavy atom. The molecule has 2 aliphatic carbocycles. The van der Waals surface area contributed by atoms with Crippen LogP contribution in [0, 0.1) is 16.7 Å². The summed E-state index contributed by atoms with van der Waals surface area (Å²) in [6.45, 7) is 7.93. The number of carbonyl (C=O) groups is 1. The van der Waals surface area contributed by atoms with E-state index in [1.54, 1.807) is 0 Å². The Morgan fingerprint density at radius 2 is 1.86 bits per heavy atom. The normalized spacial score (nSPS) is 32.8. The van der Waals surface area contributed by atoms with Crippen molar-refractivity contribution in [2.24, 2.45) is 22.5 Å². The fourth-order valence-electron chi connectivity index (χ4n) is 4.47. The molecule has 2 bridgehead atoms. The third kappa shape index (κ3) is 3.56. The van der Waals surface area contributed by atoms with Crippen molar-refractivity contribution < 1.29 is 4.79 Å². The topological polar surface area (TPSA) is 55.1 Å². The fraction of sp³-hybridized carbons (Fsp3) is 0.941. The van der Waals surface area contributed by atoms with E-state index in [1.165, 1.54) is 19.3 Å². The number of unbranched alkanes of at least 4 members (excludes halogenated alkanes) is 3. The molecular formula is C17H33ClN2O. The average Bonchev–Trinajstić information content (AvgIpc) is 2.71. The van der Waals surface area contributed by atoms with Crippen molar-refractivity contribution >= 4 is 18.3 Å². The lowest BCUT2D eigenvalue weighted by atomic mass is 9.69. The standard InChI is InChI=1S/C17H32N2O.ClH/c1-16(2)13-9-10-17(16,3)14(12-13)19-15(20)8-6-4-5-7-11-18;/h13-14H,4-12,18H2,1-3H3,(H,19,20);1H. The summed E-state index contributed by atoms with van der Waals surface area (Å²) in [5, 5.41) is 3.33. The minimum Gasteiger partial charge on any atom is -0.353 e. The molecule has 3 nitrogen and oxygen atoms in total. The van der Waals surface area contributed by atoms with E-state index >= 15 is 0 Å². The summed E-state index contributed by atoms with van der Waals surface area (Å²) < 4.78 is 0. The molecule has 21 heavy (non-hydrogen) atoms. The van der Waals surface area contributed by atoms with Crippen LogP contribution in [-0.4, -0.2) is 18.5 Å². The van der Waals surface area contributed by atoms with Gasteiger partial charge in [0.2, 0.25) is 5.91 Å². The Balaban J connectivity index is 0.00000220. The lowest BCUT2D eigenvalue weighted by Crippen LogP contribution is -2.46. The minimum absolute atomic E-state index is 0. The number of halogens is 1. The molecule has 2 fully saturated rings. The van der Waals surface area contributed by atoms with Gasteiger partial charge in [0.25, 0.3) is 0 Å². The molecule has 3 atom stereocenters. The summed E-state index contributed by atoms with van der Waals surface area (Å²) in [6, 6.07) is 0.396. The van der Waals surface area contributed by atoms with E-state index in [1.807, 2.05) is 0 Å². The third-order valence-corrected chi connectivity index (χ3v) is 6.49. The summed E-state index contributed by atoms with van der Waals surface area (Å²) in [4.78, 5) is 12.1. The van der Waals surface area contributed by atoms with Crippen molar-refractivity contribution in [3.63, 3.8) is 0 Å². The van der Waals surface area contributed by atoms with Crippen LogP contribution < -0.4 is 11.1 Å². The number of amides is 1. The first-order chi connectivity index (χ1) is 9.41. The molecule has 2 rings (SSSR count). The van der Waals surface area contributed by atoms with Gasteiger partial charge in [-0.3, -0.25) is 4.79 Å². The van der Waals surface area contributed by atoms with Gasteiger partial charge in [-0.15, -0.1) is 12.4 Å². The summed E-state index contributed by atoms with van der Waals surface area (Å²) in [5.74, 6) is 1.05. The second-order valence-corrected chi connectivity index (χ2v) is 7.68. The van der Waals surface area contributed by atoms with Gasteiger partial charge in [-0.2, -0.15) is 0 Å². The van der Waals surface area contributed by atoms with Gasteiger partial charge in [0.05, 0.1) is 0 Å². The molecular weight excluding hydrogens is 284 g/mol. The SMILES string of the molecule is CC1(C)C2CCC1(C)C(NC(=O)CCCCCCN)C2.Cl. The lowest BCUT2D eigenvalue weighted by molar-refractivity contribution is -0.123. The van der Waals surface area contributed by atoms with Gasteiger partial charge in [0.15, 0.2) is 0 Å². The first kappa shape index (κ1) is 18.8. The molecule has 3 unspecified atom stereocenters. The number of fused-ring (bicyclic) bond motifs is 2. The minimum atomic E-state index is 0. The zero-order valence-electron chi connectivity index (χ0n) is 13.9. The zero-order chi connectivity index (χ0) is 14.8. The summed E-state index contributed by atoms with van der Waals surface area (Å²) in [5.41, 5.74) is 6.15. The largest absolute Gasteiger partial charge is 0.353 e. The summed E-state index contributed by atoms with van der Waals surface area (Å²) in [6.07, 6.45) is 8.84. The molecule has 0 saturated heterocycles. The maximum Gasteiger partial charge on any atom is 0.220 e. The van der Waals surface area contributed by atoms with Crippen LogP contribution in [0.4, 0.5) is 0 Å². The smallest absolute Gasteiger partial charge is 0.220 e. The van der Waals surface area contributed by atoms with Gasteiger partial charge in [0.1, 0.15) is 0 Å². The molecule has 2 aliphatic rings. The first-order valence-corrected chi connectivity index (χ1v) is 8.41. The maximum absolute atomic E-state index is 12.1. The summed E-state index contributed by atoms with van der Waals surface area (Å²) in [7, 11) is 0. The lowest BCUT2D eigenvalue weighted by Gasteiger charge is -2.39. The van der Waals surface area contributed by atoms with Gasteiger partial charge in [0, 0.05) is 12.5 Å². The predicted octanol–water partition coefficient (Wildman–Crippen LogP) is 3.65. The molecule has 0 heterocycles. The Labute approximate surface area is 136 Å². The van der Waals surface area contributed by atoms with Crippen LogP contribution in [0.25, 0.3) is 0 Å². The molecule has 0 aromatic carbocycles. The van der Waals surface area contributed by atoms with Crippen molar-refractivity contribution in [1.29, 1.82) is 0 Å². The fourth-order valence-corrected chi connectivity index (χ4v) is 4.47. The highest BCUT2D eigenvalue weighted by Gasteiger charge is 2.61. The Bertz CT molecular complexity index is 359. The van der Waals surface area contributed by atoms with E-state index < -0.39 is 0 Å². The van der Waals surface area contributed by atoms with E-state index in [2.05, 4.69) is 26.1 Å². The van der Waals surface area contributed by atoms with Crippen molar-refractivity contribution in [2.75, 3.05) is 6.54 Å². The highest BCUT2D eigenvalue weighted by Crippen LogP contribution is 2.65. The maximum atomic E-state index is 12.1. The van der Waals surface area contributed by atoms with E-state index in [9.17, 15) is 4.79 Å². The Hall–Kier alpha value is -0.280. The molecule has 2 saturated carbocycles. The van der Waals surface area contributed by atoms with Crippen LogP contribution in [0.3, 0.4) is 0 Å². The van der Waals surface area contributed by atoms with E-state index in [0.29, 0.717) is 23.3 Å². The third-order valence-electron chi connectivity index (χ3n) is 6.49. The number of hydrogen-bond acceptors (Lipinski definition) is 2.